The molecule has 1 aromatic heterocycles. The summed E-state index contributed by atoms with van der Waals surface area (Å²) in [5.74, 6) is 1.16. The molecule has 0 N–H and O–H groups in total. The summed E-state index contributed by atoms with van der Waals surface area (Å²) in [4.78, 5) is 36.6. The van der Waals surface area contributed by atoms with Gasteiger partial charge in [0.25, 0.3) is 5.91 Å². The van der Waals surface area contributed by atoms with Gasteiger partial charge < -0.3 is 14.5 Å². The molecular weight excluding hydrogens is 456 g/mol. The fourth-order valence-electron chi connectivity index (χ4n) is 4.25. The van der Waals surface area contributed by atoms with Gasteiger partial charge in [-0.2, -0.15) is 5.10 Å². The van der Waals surface area contributed by atoms with Gasteiger partial charge in [0.2, 0.25) is 5.91 Å². The predicted octanol–water partition coefficient (Wildman–Crippen LogP) is 2.67. The van der Waals surface area contributed by atoms with Crippen LogP contribution in [0.5, 0.6) is 0 Å². The van der Waals surface area contributed by atoms with Crippen LogP contribution in [0.2, 0.25) is 5.02 Å². The Bertz CT molecular complexity index is 1010. The average Bonchev–Trinajstić information content (AvgIpc) is 3.07. The lowest BCUT2D eigenvalue weighted by Crippen LogP contribution is -2.42. The molecule has 34 heavy (non-hydrogen) atoms. The van der Waals surface area contributed by atoms with Gasteiger partial charge in [-0.05, 0) is 51.8 Å². The van der Waals surface area contributed by atoms with E-state index >= 15 is 0 Å². The molecule has 0 aliphatic carbocycles. The Morgan fingerprint density at radius 2 is 1.88 bits per heavy atom. The molecule has 3 rings (SSSR count). The van der Waals surface area contributed by atoms with Crippen molar-refractivity contribution in [3.05, 3.63) is 40.4 Å². The van der Waals surface area contributed by atoms with E-state index in [4.69, 9.17) is 16.3 Å². The minimum Gasteiger partial charge on any atom is -0.375 e. The third-order valence-corrected chi connectivity index (χ3v) is 6.32. The van der Waals surface area contributed by atoms with Crippen molar-refractivity contribution in [3.8, 4) is 0 Å². The standard InChI is InChI=1S/C24H35ClN6O3/c1-17(2)28-9-6-10-30(24(33)16-34-5)22-13-21(25)8-7-20(22)14-29(12-11-28)23(32)15-31-19(4)26-18(3)27-31/h7-8,13,17H,6,9-12,14-16H2,1-5H3. The van der Waals surface area contributed by atoms with Crippen LogP contribution in [0.1, 0.15) is 37.5 Å². The van der Waals surface area contributed by atoms with Crippen molar-refractivity contribution in [2.45, 2.75) is 53.2 Å². The third kappa shape index (κ3) is 6.55. The molecule has 0 saturated heterocycles. The quantitative estimate of drug-likeness (QED) is 0.640. The summed E-state index contributed by atoms with van der Waals surface area (Å²) in [5.41, 5.74) is 1.59. The maximum atomic E-state index is 13.4. The smallest absolute Gasteiger partial charge is 0.252 e. The number of methoxy groups -OCH3 is 1. The summed E-state index contributed by atoms with van der Waals surface area (Å²) < 4.78 is 6.78. The van der Waals surface area contributed by atoms with Crippen LogP contribution in [0.15, 0.2) is 18.2 Å². The fraction of sp³-hybridized carbons (Fsp3) is 0.583. The highest BCUT2D eigenvalue weighted by molar-refractivity contribution is 6.31. The fourth-order valence-corrected chi connectivity index (χ4v) is 4.42. The molecule has 9 nitrogen and oxygen atoms in total. The normalized spacial score (nSPS) is 15.9. The molecule has 0 spiro atoms. The van der Waals surface area contributed by atoms with Crippen LogP contribution in [0.25, 0.3) is 0 Å². The van der Waals surface area contributed by atoms with Crippen molar-refractivity contribution >= 4 is 29.1 Å². The molecule has 1 aromatic carbocycles. The predicted molar refractivity (Wildman–Crippen MR) is 132 cm³/mol. The summed E-state index contributed by atoms with van der Waals surface area (Å²) in [6.45, 7) is 11.1. The molecule has 186 valence electrons. The van der Waals surface area contributed by atoms with E-state index in [1.807, 2.05) is 24.8 Å². The van der Waals surface area contributed by atoms with Crippen LogP contribution in [0.4, 0.5) is 5.69 Å². The van der Waals surface area contributed by atoms with Crippen LogP contribution < -0.4 is 4.90 Å². The minimum absolute atomic E-state index is 0.0204. The molecule has 1 aliphatic heterocycles. The number of carbonyl (C=O) groups is 2. The monoisotopic (exact) mass is 490 g/mol. The minimum atomic E-state index is -0.132. The molecule has 2 aromatic rings. The number of aromatic nitrogens is 3. The number of hydrogen-bond acceptors (Lipinski definition) is 6. The number of halogens is 1. The molecule has 0 atom stereocenters. The average molecular weight is 491 g/mol. The largest absolute Gasteiger partial charge is 0.375 e. The first kappa shape index (κ1) is 26.1. The number of hydrogen-bond donors (Lipinski definition) is 0. The van der Waals surface area contributed by atoms with E-state index in [0.717, 1.165) is 30.8 Å². The lowest BCUT2D eigenvalue weighted by atomic mass is 10.1. The number of nitrogens with zero attached hydrogens (tertiary/aromatic N) is 6. The maximum Gasteiger partial charge on any atom is 0.252 e. The van der Waals surface area contributed by atoms with E-state index in [0.29, 0.717) is 42.3 Å². The van der Waals surface area contributed by atoms with Crippen LogP contribution in [0.3, 0.4) is 0 Å². The molecular formula is C24H35ClN6O3. The van der Waals surface area contributed by atoms with Gasteiger partial charge in [-0.1, -0.05) is 17.7 Å². The third-order valence-electron chi connectivity index (χ3n) is 6.08. The molecule has 2 heterocycles. The Labute approximate surface area is 206 Å². The van der Waals surface area contributed by atoms with Crippen molar-refractivity contribution in [2.24, 2.45) is 0 Å². The first-order valence-electron chi connectivity index (χ1n) is 11.7. The maximum absolute atomic E-state index is 13.4. The van der Waals surface area contributed by atoms with Gasteiger partial charge in [-0.25, -0.2) is 9.67 Å². The van der Waals surface area contributed by atoms with Gasteiger partial charge in [0, 0.05) is 50.9 Å². The number of aryl methyl sites for hydroxylation is 2. The Hall–Kier alpha value is -2.49. The summed E-state index contributed by atoms with van der Waals surface area (Å²) in [7, 11) is 1.51. The second-order valence-electron chi connectivity index (χ2n) is 8.91. The van der Waals surface area contributed by atoms with E-state index in [9.17, 15) is 9.59 Å². The molecule has 0 fully saturated rings. The van der Waals surface area contributed by atoms with Crippen molar-refractivity contribution in [3.63, 3.8) is 0 Å². The van der Waals surface area contributed by atoms with E-state index in [2.05, 4.69) is 28.8 Å². The van der Waals surface area contributed by atoms with Gasteiger partial charge >= 0.3 is 0 Å². The van der Waals surface area contributed by atoms with Crippen LogP contribution in [-0.2, 0) is 27.4 Å². The number of rotatable bonds is 5. The number of amides is 2. The number of ether oxygens (including phenoxy) is 1. The van der Waals surface area contributed by atoms with Gasteiger partial charge in [-0.3, -0.25) is 14.5 Å². The Morgan fingerprint density at radius 1 is 1.12 bits per heavy atom. The van der Waals surface area contributed by atoms with Gasteiger partial charge in [0.05, 0.1) is 5.69 Å². The Kier molecular flexibility index (Phi) is 9.04. The van der Waals surface area contributed by atoms with Crippen molar-refractivity contribution in [1.82, 2.24) is 24.6 Å². The van der Waals surface area contributed by atoms with Crippen LogP contribution in [0, 0.1) is 13.8 Å². The molecule has 0 radical (unpaired) electrons. The van der Waals surface area contributed by atoms with Crippen LogP contribution in [-0.4, -0.2) is 82.3 Å². The highest BCUT2D eigenvalue weighted by Crippen LogP contribution is 2.28. The van der Waals surface area contributed by atoms with Gasteiger partial charge in [-0.15, -0.1) is 0 Å². The zero-order valence-corrected chi connectivity index (χ0v) is 21.5. The highest BCUT2D eigenvalue weighted by atomic mass is 35.5. The summed E-state index contributed by atoms with van der Waals surface area (Å²) in [6.07, 6.45) is 0.797. The highest BCUT2D eigenvalue weighted by Gasteiger charge is 2.25. The van der Waals surface area contributed by atoms with E-state index in [-0.39, 0.29) is 25.0 Å². The molecule has 0 saturated carbocycles. The summed E-state index contributed by atoms with van der Waals surface area (Å²) in [6, 6.07) is 5.81. The SMILES string of the molecule is COCC(=O)N1CCCN(C(C)C)CCN(C(=O)Cn2nc(C)nc2C)Cc2ccc(Cl)cc21. The summed E-state index contributed by atoms with van der Waals surface area (Å²) in [5, 5.41) is 4.89. The lowest BCUT2D eigenvalue weighted by Gasteiger charge is -2.30. The first-order chi connectivity index (χ1) is 16.2. The molecule has 10 heteroatoms. The zero-order valence-electron chi connectivity index (χ0n) is 20.8. The number of benzene rings is 1. The van der Waals surface area contributed by atoms with Crippen LogP contribution >= 0.6 is 11.6 Å². The lowest BCUT2D eigenvalue weighted by molar-refractivity contribution is -0.133. The van der Waals surface area contributed by atoms with E-state index in [1.165, 1.54) is 7.11 Å². The van der Waals surface area contributed by atoms with Gasteiger partial charge in [0.15, 0.2) is 0 Å². The van der Waals surface area contributed by atoms with Crippen molar-refractivity contribution in [1.29, 1.82) is 0 Å². The first-order valence-corrected chi connectivity index (χ1v) is 12.0. The molecule has 1 aliphatic rings. The van der Waals surface area contributed by atoms with Gasteiger partial charge in [0.1, 0.15) is 24.8 Å². The topological polar surface area (TPSA) is 83.8 Å². The van der Waals surface area contributed by atoms with E-state index in [1.54, 1.807) is 21.7 Å². The second-order valence-corrected chi connectivity index (χ2v) is 9.35. The number of fused-ring (bicyclic) bond motifs is 1. The summed E-state index contributed by atoms with van der Waals surface area (Å²) >= 11 is 6.34. The van der Waals surface area contributed by atoms with Crippen molar-refractivity contribution < 1.29 is 14.3 Å². The zero-order chi connectivity index (χ0) is 24.8. The molecule has 0 unspecified atom stereocenters. The Morgan fingerprint density at radius 3 is 2.53 bits per heavy atom. The Balaban J connectivity index is 1.97. The second kappa shape index (κ2) is 11.8. The molecule has 2 amide bonds. The molecule has 0 bridgehead atoms. The van der Waals surface area contributed by atoms with E-state index < -0.39 is 0 Å². The van der Waals surface area contributed by atoms with Crippen molar-refractivity contribution in [2.75, 3.05) is 44.8 Å². The number of carbonyl (C=O) groups excluding carboxylic acids is 2. The number of anilines is 1.